The summed E-state index contributed by atoms with van der Waals surface area (Å²) in [5, 5.41) is 5.26. The van der Waals surface area contributed by atoms with Crippen LogP contribution in [0.25, 0.3) is 11.0 Å². The highest BCUT2D eigenvalue weighted by Crippen LogP contribution is 2.33. The van der Waals surface area contributed by atoms with Gasteiger partial charge in [0, 0.05) is 21.0 Å². The first-order valence-corrected chi connectivity index (χ1v) is 8.41. The lowest BCUT2D eigenvalue weighted by Crippen LogP contribution is -2.14. The molecule has 0 unspecified atom stereocenters. The van der Waals surface area contributed by atoms with Gasteiger partial charge in [-0.25, -0.2) is 0 Å². The number of nitrogens with one attached hydrogen (secondary N) is 1. The van der Waals surface area contributed by atoms with E-state index in [-0.39, 0.29) is 12.3 Å². The Balaban J connectivity index is 1.89. The molecule has 0 saturated carbocycles. The van der Waals surface area contributed by atoms with Gasteiger partial charge in [0.2, 0.25) is 5.91 Å². The van der Waals surface area contributed by atoms with Crippen molar-refractivity contribution in [2.24, 2.45) is 0 Å². The van der Waals surface area contributed by atoms with E-state index in [0.717, 1.165) is 27.7 Å². The summed E-state index contributed by atoms with van der Waals surface area (Å²) < 4.78 is 5.57. The van der Waals surface area contributed by atoms with Gasteiger partial charge in [-0.15, -0.1) is 0 Å². The number of anilines is 1. The Hall–Kier alpha value is -1.68. The molecule has 0 aliphatic rings. The highest BCUT2D eigenvalue weighted by molar-refractivity contribution is 6.35. The maximum Gasteiger partial charge on any atom is 0.228 e. The van der Waals surface area contributed by atoms with Crippen molar-refractivity contribution in [3.63, 3.8) is 0 Å². The van der Waals surface area contributed by atoms with Gasteiger partial charge in [-0.2, -0.15) is 0 Å². The van der Waals surface area contributed by atoms with Crippen molar-refractivity contribution in [2.45, 2.75) is 20.3 Å². The van der Waals surface area contributed by atoms with Crippen LogP contribution in [-0.4, -0.2) is 5.91 Å². The third-order valence-corrected chi connectivity index (χ3v) is 4.99. The standard InChI is InChI=1S/C18H14Cl3NO2/c1-9-5-15-17(10(2)18(9)21)11(8-24-15)6-16(23)22-14-7-12(19)3-4-13(14)20/h3-5,7-8H,6H2,1-2H3,(H,22,23). The lowest BCUT2D eigenvalue weighted by Gasteiger charge is -2.08. The molecule has 2 aromatic carbocycles. The van der Waals surface area contributed by atoms with Crippen LogP contribution in [0.3, 0.4) is 0 Å². The summed E-state index contributed by atoms with van der Waals surface area (Å²) in [5.74, 6) is -0.210. The number of amides is 1. The maximum atomic E-state index is 12.4. The first kappa shape index (κ1) is 17.2. The fourth-order valence-electron chi connectivity index (χ4n) is 2.70. The zero-order valence-corrected chi connectivity index (χ0v) is 15.3. The van der Waals surface area contributed by atoms with Crippen LogP contribution in [0.2, 0.25) is 15.1 Å². The molecule has 1 aromatic heterocycles. The Morgan fingerprint density at radius 1 is 1.17 bits per heavy atom. The van der Waals surface area contributed by atoms with Crippen molar-refractivity contribution in [2.75, 3.05) is 5.32 Å². The number of halogens is 3. The molecule has 6 heteroatoms. The quantitative estimate of drug-likeness (QED) is 0.586. The number of hydrogen-bond donors (Lipinski definition) is 1. The van der Waals surface area contributed by atoms with Gasteiger partial charge in [0.25, 0.3) is 0 Å². The Bertz CT molecular complexity index is 947. The molecule has 1 amide bonds. The average molecular weight is 383 g/mol. The number of furan rings is 1. The Morgan fingerprint density at radius 3 is 2.67 bits per heavy atom. The number of benzene rings is 2. The number of hydrogen-bond acceptors (Lipinski definition) is 2. The van der Waals surface area contributed by atoms with Crippen molar-refractivity contribution >= 4 is 57.4 Å². The van der Waals surface area contributed by atoms with Crippen LogP contribution < -0.4 is 5.32 Å². The van der Waals surface area contributed by atoms with Crippen LogP contribution >= 0.6 is 34.8 Å². The Kier molecular flexibility index (Phi) is 4.77. The first-order chi connectivity index (χ1) is 11.4. The van der Waals surface area contributed by atoms with Crippen LogP contribution in [-0.2, 0) is 11.2 Å². The summed E-state index contributed by atoms with van der Waals surface area (Å²) in [6.45, 7) is 3.84. The second kappa shape index (κ2) is 6.67. The number of aryl methyl sites for hydroxylation is 2. The third kappa shape index (κ3) is 3.25. The summed E-state index contributed by atoms with van der Waals surface area (Å²) in [6, 6.07) is 6.79. The van der Waals surface area contributed by atoms with Crippen molar-refractivity contribution in [1.29, 1.82) is 0 Å². The van der Waals surface area contributed by atoms with Crippen molar-refractivity contribution < 1.29 is 9.21 Å². The molecule has 1 heterocycles. The molecule has 1 N–H and O–H groups in total. The van der Waals surface area contributed by atoms with Gasteiger partial charge in [0.05, 0.1) is 23.4 Å². The molecular formula is C18H14Cl3NO2. The molecule has 0 bridgehead atoms. The number of carbonyl (C=O) groups is 1. The second-order valence-corrected chi connectivity index (χ2v) is 6.84. The van der Waals surface area contributed by atoms with Crippen LogP contribution in [0.5, 0.6) is 0 Å². The second-order valence-electron chi connectivity index (χ2n) is 5.62. The Morgan fingerprint density at radius 2 is 1.92 bits per heavy atom. The normalized spacial score (nSPS) is 11.0. The summed E-state index contributed by atoms with van der Waals surface area (Å²) in [7, 11) is 0. The number of fused-ring (bicyclic) bond motifs is 1. The number of carbonyl (C=O) groups excluding carboxylic acids is 1. The van der Waals surface area contributed by atoms with E-state index in [1.165, 1.54) is 0 Å². The van der Waals surface area contributed by atoms with Gasteiger partial charge in [0.15, 0.2) is 0 Å². The predicted octanol–water partition coefficient (Wildman–Crippen LogP) is 6.19. The molecule has 0 fully saturated rings. The molecule has 0 atom stereocenters. The summed E-state index contributed by atoms with van der Waals surface area (Å²) >= 11 is 18.3. The van der Waals surface area contributed by atoms with Gasteiger partial charge < -0.3 is 9.73 Å². The molecule has 3 nitrogen and oxygen atoms in total. The smallest absolute Gasteiger partial charge is 0.228 e. The zero-order valence-electron chi connectivity index (χ0n) is 13.0. The topological polar surface area (TPSA) is 42.2 Å². The summed E-state index contributed by atoms with van der Waals surface area (Å²) in [5.41, 5.74) is 3.83. The fraction of sp³-hybridized carbons (Fsp3) is 0.167. The summed E-state index contributed by atoms with van der Waals surface area (Å²) in [4.78, 5) is 12.4. The van der Waals surface area contributed by atoms with Crippen LogP contribution in [0.15, 0.2) is 34.9 Å². The van der Waals surface area contributed by atoms with Gasteiger partial charge >= 0.3 is 0 Å². The van der Waals surface area contributed by atoms with Crippen LogP contribution in [0.4, 0.5) is 5.69 Å². The van der Waals surface area contributed by atoms with E-state index >= 15 is 0 Å². The third-order valence-electron chi connectivity index (χ3n) is 3.85. The van der Waals surface area contributed by atoms with Gasteiger partial charge in [-0.05, 0) is 49.2 Å². The molecule has 24 heavy (non-hydrogen) atoms. The SMILES string of the molecule is Cc1cc2occ(CC(=O)Nc3cc(Cl)ccc3Cl)c2c(C)c1Cl. The first-order valence-electron chi connectivity index (χ1n) is 7.27. The van der Waals surface area contributed by atoms with Crippen molar-refractivity contribution in [3.8, 4) is 0 Å². The average Bonchev–Trinajstić information content (AvgIpc) is 2.91. The maximum absolute atomic E-state index is 12.4. The zero-order chi connectivity index (χ0) is 17.4. The minimum Gasteiger partial charge on any atom is -0.464 e. The molecule has 124 valence electrons. The van der Waals surface area contributed by atoms with Crippen molar-refractivity contribution in [3.05, 3.63) is 62.3 Å². The van der Waals surface area contributed by atoms with Gasteiger partial charge in [-0.1, -0.05) is 34.8 Å². The highest BCUT2D eigenvalue weighted by atomic mass is 35.5. The van der Waals surface area contributed by atoms with Gasteiger partial charge in [-0.3, -0.25) is 4.79 Å². The van der Waals surface area contributed by atoms with E-state index in [9.17, 15) is 4.79 Å². The predicted molar refractivity (Wildman–Crippen MR) is 99.5 cm³/mol. The van der Waals surface area contributed by atoms with Crippen molar-refractivity contribution in [1.82, 2.24) is 0 Å². The molecule has 0 aliphatic carbocycles. The van der Waals surface area contributed by atoms with Crippen LogP contribution in [0, 0.1) is 13.8 Å². The van der Waals surface area contributed by atoms with E-state index in [4.69, 9.17) is 39.2 Å². The lowest BCUT2D eigenvalue weighted by atomic mass is 10.0. The fourth-order valence-corrected chi connectivity index (χ4v) is 3.18. The van der Waals surface area contributed by atoms with Gasteiger partial charge in [0.1, 0.15) is 5.58 Å². The van der Waals surface area contributed by atoms with E-state index in [2.05, 4.69) is 5.32 Å². The van der Waals surface area contributed by atoms with E-state index in [1.54, 1.807) is 24.5 Å². The van der Waals surface area contributed by atoms with E-state index in [1.807, 2.05) is 19.9 Å². The minimum absolute atomic E-state index is 0.149. The molecule has 3 rings (SSSR count). The minimum atomic E-state index is -0.210. The molecule has 0 spiro atoms. The highest BCUT2D eigenvalue weighted by Gasteiger charge is 2.16. The van der Waals surface area contributed by atoms with Crippen LogP contribution in [0.1, 0.15) is 16.7 Å². The Labute approximate surface area is 154 Å². The molecule has 0 radical (unpaired) electrons. The summed E-state index contributed by atoms with van der Waals surface area (Å²) in [6.07, 6.45) is 1.74. The van der Waals surface area contributed by atoms with E-state index < -0.39 is 0 Å². The molecule has 3 aromatic rings. The lowest BCUT2D eigenvalue weighted by molar-refractivity contribution is -0.115. The largest absolute Gasteiger partial charge is 0.464 e. The molecule has 0 aliphatic heterocycles. The monoisotopic (exact) mass is 381 g/mol. The van der Waals surface area contributed by atoms with E-state index in [0.29, 0.717) is 20.8 Å². The molecule has 0 saturated heterocycles. The molecular weight excluding hydrogens is 369 g/mol. The number of rotatable bonds is 3.